The predicted molar refractivity (Wildman–Crippen MR) is 291 cm³/mol. The summed E-state index contributed by atoms with van der Waals surface area (Å²) in [7, 11) is 2.32. The van der Waals surface area contributed by atoms with E-state index in [4.69, 9.17) is 84.4 Å². The molecule has 402 valence electrons. The van der Waals surface area contributed by atoms with Crippen LogP contribution in [0.5, 0.6) is 0 Å². The van der Waals surface area contributed by atoms with Crippen LogP contribution in [-0.4, -0.2) is 92.4 Å². The van der Waals surface area contributed by atoms with Gasteiger partial charge in [0.15, 0.2) is 11.6 Å². The molecule has 4 rings (SSSR count). The molecule has 0 fully saturated rings. The number of ketones is 2. The van der Waals surface area contributed by atoms with Crippen LogP contribution in [0, 0.1) is 29.5 Å². The zero-order valence-corrected chi connectivity index (χ0v) is 45.7. The van der Waals surface area contributed by atoms with Crippen molar-refractivity contribution < 1.29 is 78.8 Å². The van der Waals surface area contributed by atoms with Crippen molar-refractivity contribution in [2.24, 2.45) is 10.7 Å². The molecule has 0 unspecified atom stereocenters. The number of amidine groups is 1. The van der Waals surface area contributed by atoms with Gasteiger partial charge >= 0.3 is 41.5 Å². The second-order valence-electron chi connectivity index (χ2n) is 14.4. The number of esters is 2. The minimum Gasteiger partial charge on any atom is -1.00 e. The molecule has 4 aromatic rings. The van der Waals surface area contributed by atoms with Crippen LogP contribution in [0.15, 0.2) is 89.9 Å². The van der Waals surface area contributed by atoms with Crippen LogP contribution in [0.25, 0.3) is 4.95 Å². The molecule has 76 heavy (non-hydrogen) atoms. The Balaban J connectivity index is -0.000000604. The summed E-state index contributed by atoms with van der Waals surface area (Å²) in [6.45, 7) is 5.36. The molecule has 0 aliphatic rings. The maximum atomic E-state index is 12.6. The first kappa shape index (κ1) is 73.3. The zero-order valence-electron chi connectivity index (χ0n) is 40.7. The van der Waals surface area contributed by atoms with Crippen molar-refractivity contribution in [2.75, 3.05) is 33.0 Å². The number of nitriles is 2. The molecule has 0 saturated heterocycles. The summed E-state index contributed by atoms with van der Waals surface area (Å²) >= 11 is 24.1. The van der Waals surface area contributed by atoms with Gasteiger partial charge in [0.1, 0.15) is 17.9 Å². The summed E-state index contributed by atoms with van der Waals surface area (Å²) in [5.74, 6) is -4.39. The summed E-state index contributed by atoms with van der Waals surface area (Å²) in [6, 6.07) is 19.7. The number of benzene rings is 4. The SMILES string of the molecule is C.C.COC(=O)[C@H](CCC(=O)CNC(=O)c1cccc(CC(N)=NC#N)c1)NC(=O)c1c(Cl)cccc1Cl.COC(=O)[C@H](CCC(=O)CNC(=O)c1cccc(N)c1)NC(=O)c1c(Cl)cccc1Cl.S.[C-]#[N+]NC#N.[H-].[Na+]. The van der Waals surface area contributed by atoms with E-state index >= 15 is 0 Å². The van der Waals surface area contributed by atoms with E-state index < -0.39 is 47.7 Å². The predicted octanol–water partition coefficient (Wildman–Crippen LogP) is 3.44. The number of halogens is 4. The van der Waals surface area contributed by atoms with E-state index in [1.165, 1.54) is 36.5 Å². The Morgan fingerprint density at radius 2 is 1.08 bits per heavy atom. The molecule has 0 aliphatic heterocycles. The summed E-state index contributed by atoms with van der Waals surface area (Å²) in [5, 5.41) is 26.5. The summed E-state index contributed by atoms with van der Waals surface area (Å²) < 4.78 is 9.41. The zero-order chi connectivity index (χ0) is 53.8. The van der Waals surface area contributed by atoms with E-state index in [1.807, 2.05) is 0 Å². The van der Waals surface area contributed by atoms with Gasteiger partial charge in [-0.2, -0.15) is 35.6 Å². The number of amides is 4. The van der Waals surface area contributed by atoms with E-state index in [2.05, 4.69) is 31.2 Å². The Morgan fingerprint density at radius 3 is 1.43 bits per heavy atom. The van der Waals surface area contributed by atoms with E-state index in [1.54, 1.807) is 66.2 Å². The van der Waals surface area contributed by atoms with Crippen LogP contribution in [0.2, 0.25) is 20.1 Å². The molecule has 9 N–H and O–H groups in total. The standard InChI is InChI=1S/C24H23Cl2N5O5.C21H21Cl2N3O5.C2HN3.2CH4.Na.H2S.H/c1-36-24(35)19(31-23(34)21-17(25)6-3-7-18(21)26)9-8-16(32)12-29-22(33)15-5-2-4-14(10-15)11-20(28)30-13-27;1-31-21(30)17(26-20(29)18-15(22)6-3-7-16(18)23)9-8-14(27)11-25-19(28)12-4-2-5-13(24)10-12;1-4-5-2-3;;;;;/h2-7,10,19H,8-9,11-12H2,1H3,(H2,28,30)(H,29,33)(H,31,34);2-7,10,17H,8-9,11,24H2,1H3,(H,25,28)(H,26,29);5H;2*1H4;;1H2;/q;;;;;+1;;-1/t19-;17-;;;;;;/m00....../s1. The van der Waals surface area contributed by atoms with Crippen LogP contribution >= 0.6 is 59.9 Å². The third-order valence-electron chi connectivity index (χ3n) is 9.30. The Labute approximate surface area is 490 Å². The molecule has 27 heteroatoms. The average Bonchev–Trinajstić information content (AvgIpc) is 3.35. The number of rotatable bonds is 20. The molecule has 21 nitrogen and oxygen atoms in total. The first-order valence-corrected chi connectivity index (χ1v) is 22.2. The molecule has 0 bridgehead atoms. The number of carbonyl (C=O) groups excluding carboxylic acids is 8. The minimum atomic E-state index is -1.13. The van der Waals surface area contributed by atoms with Crippen molar-refractivity contribution in [3.63, 3.8) is 0 Å². The van der Waals surface area contributed by atoms with Crippen molar-refractivity contribution in [3.05, 3.63) is 144 Å². The third-order valence-corrected chi connectivity index (χ3v) is 10.6. The second-order valence-corrected chi connectivity index (χ2v) is 16.0. The molecule has 0 aromatic heterocycles. The van der Waals surface area contributed by atoms with Crippen molar-refractivity contribution in [1.29, 1.82) is 10.5 Å². The van der Waals surface area contributed by atoms with Gasteiger partial charge in [0.2, 0.25) is 12.4 Å². The molecule has 0 heterocycles. The molecule has 0 spiro atoms. The number of nitrogen functional groups attached to an aromatic ring is 1. The fourth-order valence-corrected chi connectivity index (χ4v) is 7.00. The maximum absolute atomic E-state index is 12.6. The van der Waals surface area contributed by atoms with Crippen molar-refractivity contribution in [1.82, 2.24) is 26.7 Å². The summed E-state index contributed by atoms with van der Waals surface area (Å²) in [6.07, 6.45) is 2.88. The summed E-state index contributed by atoms with van der Waals surface area (Å²) in [4.78, 5) is 104. The molecular formula is C49H56Cl4N11NaO10S. The number of ether oxygens (including phenoxy) is 2. The van der Waals surface area contributed by atoms with Gasteiger partial charge < -0.3 is 43.6 Å². The van der Waals surface area contributed by atoms with Crippen LogP contribution in [0.3, 0.4) is 0 Å². The Kier molecular flexibility index (Phi) is 38.1. The number of nitrogens with one attached hydrogen (secondary N) is 5. The number of hydrogen-bond donors (Lipinski definition) is 7. The summed E-state index contributed by atoms with van der Waals surface area (Å²) in [5.41, 5.74) is 14.7. The largest absolute Gasteiger partial charge is 1.00 e. The molecule has 0 saturated carbocycles. The Hall–Kier alpha value is -6.91. The topological polar surface area (TPSA) is 332 Å². The molecule has 0 radical (unpaired) electrons. The normalized spacial score (nSPS) is 10.4. The van der Waals surface area contributed by atoms with Gasteiger partial charge in [-0.25, -0.2) is 9.59 Å². The first-order valence-electron chi connectivity index (χ1n) is 20.7. The van der Waals surface area contributed by atoms with Gasteiger partial charge in [0.25, 0.3) is 23.6 Å². The number of aliphatic imine (C=N–C) groups is 1. The second kappa shape index (κ2) is 39.5. The van der Waals surface area contributed by atoms with Crippen LogP contribution in [0.4, 0.5) is 5.69 Å². The number of methoxy groups -OCH3 is 2. The van der Waals surface area contributed by atoms with Gasteiger partial charge in [-0.05, 0) is 78.4 Å². The first-order chi connectivity index (χ1) is 34.3. The third kappa shape index (κ3) is 26.0. The van der Waals surface area contributed by atoms with E-state index in [0.717, 1.165) is 14.2 Å². The van der Waals surface area contributed by atoms with E-state index in [-0.39, 0.29) is 153 Å². The van der Waals surface area contributed by atoms with Gasteiger partial charge in [-0.15, -0.1) is 4.95 Å². The van der Waals surface area contributed by atoms with Crippen molar-refractivity contribution in [2.45, 2.75) is 59.0 Å². The van der Waals surface area contributed by atoms with E-state index in [0.29, 0.717) is 22.4 Å². The van der Waals surface area contributed by atoms with Crippen LogP contribution in [-0.2, 0) is 35.1 Å². The molecular weight excluding hydrogens is 1100 g/mol. The number of nitrogens with zero attached hydrogens (tertiary/aromatic N) is 4. The quantitative estimate of drug-likeness (QED) is 0.00767. The molecule has 4 amide bonds. The number of carbonyl (C=O) groups is 8. The average molecular weight is 1160 g/mol. The van der Waals surface area contributed by atoms with Crippen molar-refractivity contribution in [3.8, 4) is 12.4 Å². The fourth-order valence-electron chi connectivity index (χ4n) is 5.86. The van der Waals surface area contributed by atoms with Gasteiger partial charge in [0.05, 0.1) is 58.5 Å². The number of nitrogens with two attached hydrogens (primary N) is 2. The number of anilines is 1. The Morgan fingerprint density at radius 1 is 0.684 bits per heavy atom. The maximum Gasteiger partial charge on any atom is 1.00 e. The van der Waals surface area contributed by atoms with E-state index in [9.17, 15) is 38.4 Å². The van der Waals surface area contributed by atoms with Crippen LogP contribution in [0.1, 0.15) is 89.0 Å². The fraction of sp³-hybridized carbons (Fsp3) is 0.265. The number of hydrogen-bond acceptors (Lipinski definition) is 15. The van der Waals surface area contributed by atoms with Crippen LogP contribution < -0.4 is 67.7 Å². The molecule has 4 aromatic carbocycles. The Bertz CT molecular complexity index is 2760. The minimum absolute atomic E-state index is 0. The van der Waals surface area contributed by atoms with Gasteiger partial charge in [-0.3, -0.25) is 28.8 Å². The van der Waals surface area contributed by atoms with Crippen molar-refractivity contribution >= 4 is 119 Å². The van der Waals surface area contributed by atoms with Gasteiger partial charge in [0, 0.05) is 36.1 Å². The monoisotopic (exact) mass is 1150 g/mol. The smallest absolute Gasteiger partial charge is 1.00 e. The number of Topliss-reactive ketones (excluding diaryl/α,β-unsaturated/α-hetero) is 2. The van der Waals surface area contributed by atoms with Gasteiger partial charge in [-0.1, -0.05) is 91.6 Å². The molecule has 2 atom stereocenters. The molecule has 0 aliphatic carbocycles.